The van der Waals surface area contributed by atoms with Gasteiger partial charge in [-0.1, -0.05) is 11.8 Å². The van der Waals surface area contributed by atoms with Gasteiger partial charge in [0.05, 0.1) is 5.75 Å². The van der Waals surface area contributed by atoms with Crippen LogP contribution in [-0.4, -0.2) is 27.8 Å². The number of thioether (sulfide) groups is 1. The van der Waals surface area contributed by atoms with E-state index in [9.17, 15) is 0 Å². The first-order valence-corrected chi connectivity index (χ1v) is 2.85. The molecule has 1 rings (SSSR count). The van der Waals surface area contributed by atoms with Gasteiger partial charge in [0.2, 0.25) is 12.1 Å². The highest BCUT2D eigenvalue weighted by Crippen LogP contribution is 1.98. The van der Waals surface area contributed by atoms with Gasteiger partial charge in [-0.05, 0) is 4.74 Å². The molecule has 0 spiro atoms. The van der Waals surface area contributed by atoms with E-state index in [2.05, 4.69) is 0 Å². The lowest BCUT2D eigenvalue weighted by atomic mass is 10.8. The summed E-state index contributed by atoms with van der Waals surface area (Å²) >= 11 is 1.63. The molecule has 0 aromatic carbocycles. The molecule has 0 saturated carbocycles. The Balaban J connectivity index is 2.45. The van der Waals surface area contributed by atoms with Crippen LogP contribution in [0.4, 0.5) is 0 Å². The first-order chi connectivity index (χ1) is 2.89. The van der Waals surface area contributed by atoms with Crippen LogP contribution in [0.1, 0.15) is 0 Å². The summed E-state index contributed by atoms with van der Waals surface area (Å²) in [6.07, 6.45) is 0. The van der Waals surface area contributed by atoms with Crippen molar-refractivity contribution in [2.75, 3.05) is 12.3 Å². The largest absolute Gasteiger partial charge is 0.290 e. The van der Waals surface area contributed by atoms with Crippen LogP contribution in [-0.2, 0) is 0 Å². The maximum Gasteiger partial charge on any atom is 0.249 e. The molecule has 0 aliphatic carbocycles. The van der Waals surface area contributed by atoms with E-state index in [0.29, 0.717) is 0 Å². The summed E-state index contributed by atoms with van der Waals surface area (Å²) in [4.78, 5) is 0. The molecule has 0 bridgehead atoms. The fourth-order valence-electron chi connectivity index (χ4n) is 0.338. The Morgan fingerprint density at radius 1 is 1.83 bits per heavy atom. The van der Waals surface area contributed by atoms with E-state index >= 15 is 0 Å². The molecule has 0 radical (unpaired) electrons. The van der Waals surface area contributed by atoms with E-state index in [4.69, 9.17) is 5.21 Å². The topological polar surface area (TPSA) is 23.2 Å². The predicted octanol–water partition coefficient (Wildman–Crippen LogP) is 0.163. The zero-order valence-electron chi connectivity index (χ0n) is 3.29. The van der Waals surface area contributed by atoms with Crippen molar-refractivity contribution < 1.29 is 9.95 Å². The van der Waals surface area contributed by atoms with E-state index in [1.54, 1.807) is 17.3 Å². The SMILES string of the molecule is O[N+]1=CSCC1. The summed E-state index contributed by atoms with van der Waals surface area (Å²) in [6.45, 7) is 0.782. The summed E-state index contributed by atoms with van der Waals surface area (Å²) in [5.41, 5.74) is 1.71. The third-order valence-electron chi connectivity index (χ3n) is 0.634. The molecule has 1 heterocycles. The lowest BCUT2D eigenvalue weighted by Gasteiger charge is -1.72. The van der Waals surface area contributed by atoms with Crippen LogP contribution >= 0.6 is 11.8 Å². The van der Waals surface area contributed by atoms with Crippen molar-refractivity contribution in [3.63, 3.8) is 0 Å². The van der Waals surface area contributed by atoms with Gasteiger partial charge in [0.1, 0.15) is 0 Å². The molecule has 0 amide bonds. The van der Waals surface area contributed by atoms with Crippen LogP contribution in [0, 0.1) is 0 Å². The fourth-order valence-corrected chi connectivity index (χ4v) is 1.01. The normalized spacial score (nSPS) is 21.0. The molecule has 2 nitrogen and oxygen atoms in total. The van der Waals surface area contributed by atoms with Gasteiger partial charge in [-0.15, -0.1) is 0 Å². The summed E-state index contributed by atoms with van der Waals surface area (Å²) < 4.78 is 1.20. The number of hydroxylamine groups is 1. The Morgan fingerprint density at radius 3 is 2.83 bits per heavy atom. The van der Waals surface area contributed by atoms with Gasteiger partial charge in [-0.2, -0.15) is 0 Å². The second-order valence-electron chi connectivity index (χ2n) is 1.14. The Labute approximate surface area is 40.4 Å². The fraction of sp³-hybridized carbons (Fsp3) is 0.667. The second-order valence-corrected chi connectivity index (χ2v) is 2.09. The molecule has 0 saturated heterocycles. The highest BCUT2D eigenvalue weighted by atomic mass is 32.2. The minimum absolute atomic E-state index is 0.782. The average Bonchev–Trinajstić information content (AvgIpc) is 1.86. The molecule has 1 N–H and O–H groups in total. The van der Waals surface area contributed by atoms with Crippen molar-refractivity contribution in [3.05, 3.63) is 0 Å². The van der Waals surface area contributed by atoms with Gasteiger partial charge < -0.3 is 0 Å². The van der Waals surface area contributed by atoms with Gasteiger partial charge in [0.15, 0.2) is 0 Å². The van der Waals surface area contributed by atoms with E-state index < -0.39 is 0 Å². The Bertz CT molecular complexity index is 80.9. The molecule has 0 fully saturated rings. The van der Waals surface area contributed by atoms with E-state index in [-0.39, 0.29) is 0 Å². The molecule has 34 valence electrons. The van der Waals surface area contributed by atoms with Gasteiger partial charge in [0.25, 0.3) is 0 Å². The smallest absolute Gasteiger partial charge is 0.249 e. The standard InChI is InChI=1S/C3H6NOS/c5-4-1-2-6-3-4/h3,5H,1-2H2/q+1. The minimum Gasteiger partial charge on any atom is -0.290 e. The van der Waals surface area contributed by atoms with E-state index in [1.807, 2.05) is 0 Å². The molecule has 0 aromatic heterocycles. The third-order valence-corrected chi connectivity index (χ3v) is 1.45. The molecule has 1 aliphatic rings. The summed E-state index contributed by atoms with van der Waals surface area (Å²) in [5, 5.41) is 8.49. The molecule has 0 aromatic rings. The van der Waals surface area contributed by atoms with Crippen molar-refractivity contribution >= 4 is 17.3 Å². The summed E-state index contributed by atoms with van der Waals surface area (Å²) in [6, 6.07) is 0. The molecule has 0 unspecified atom stereocenters. The van der Waals surface area contributed by atoms with Crippen LogP contribution in [0.25, 0.3) is 0 Å². The molecular formula is C3H6NOS+. The van der Waals surface area contributed by atoms with E-state index in [1.165, 1.54) is 4.74 Å². The summed E-state index contributed by atoms with van der Waals surface area (Å²) in [5.74, 6) is 1.02. The van der Waals surface area contributed by atoms with Crippen LogP contribution in [0.5, 0.6) is 0 Å². The van der Waals surface area contributed by atoms with E-state index in [0.717, 1.165) is 12.3 Å². The molecule has 6 heavy (non-hydrogen) atoms. The molecule has 3 heteroatoms. The minimum atomic E-state index is 0.782. The zero-order chi connectivity index (χ0) is 4.41. The molecular weight excluding hydrogens is 98.1 g/mol. The van der Waals surface area contributed by atoms with Crippen molar-refractivity contribution in [3.8, 4) is 0 Å². The summed E-state index contributed by atoms with van der Waals surface area (Å²) in [7, 11) is 0. The monoisotopic (exact) mass is 104 g/mol. The quantitative estimate of drug-likeness (QED) is 0.349. The average molecular weight is 104 g/mol. The molecule has 1 aliphatic heterocycles. The maximum absolute atomic E-state index is 8.49. The number of hydrogen-bond donors (Lipinski definition) is 1. The first-order valence-electron chi connectivity index (χ1n) is 1.80. The molecule has 0 atom stereocenters. The lowest BCUT2D eigenvalue weighted by Crippen LogP contribution is -2.01. The number of nitrogens with zero attached hydrogens (tertiary/aromatic N) is 1. The highest BCUT2D eigenvalue weighted by molar-refractivity contribution is 8.12. The van der Waals surface area contributed by atoms with Gasteiger partial charge in [-0.3, -0.25) is 5.21 Å². The Morgan fingerprint density at radius 2 is 2.67 bits per heavy atom. The van der Waals surface area contributed by atoms with Crippen LogP contribution in [0.15, 0.2) is 0 Å². The maximum atomic E-state index is 8.49. The Hall–Kier alpha value is -0.180. The Kier molecular flexibility index (Phi) is 1.01. The van der Waals surface area contributed by atoms with Crippen molar-refractivity contribution in [1.29, 1.82) is 0 Å². The van der Waals surface area contributed by atoms with Crippen LogP contribution < -0.4 is 0 Å². The van der Waals surface area contributed by atoms with Gasteiger partial charge in [0, 0.05) is 0 Å². The highest BCUT2D eigenvalue weighted by Gasteiger charge is 2.07. The lowest BCUT2D eigenvalue weighted by molar-refractivity contribution is -0.765. The zero-order valence-corrected chi connectivity index (χ0v) is 4.11. The van der Waals surface area contributed by atoms with Crippen molar-refractivity contribution in [2.24, 2.45) is 0 Å². The number of rotatable bonds is 0. The van der Waals surface area contributed by atoms with Gasteiger partial charge >= 0.3 is 0 Å². The van der Waals surface area contributed by atoms with Crippen molar-refractivity contribution in [1.82, 2.24) is 0 Å². The first kappa shape index (κ1) is 3.99. The van der Waals surface area contributed by atoms with Crippen LogP contribution in [0.3, 0.4) is 0 Å². The van der Waals surface area contributed by atoms with Crippen LogP contribution in [0.2, 0.25) is 0 Å². The third kappa shape index (κ3) is 0.653. The number of hydrogen-bond acceptors (Lipinski definition) is 2. The van der Waals surface area contributed by atoms with Crippen molar-refractivity contribution in [2.45, 2.75) is 0 Å². The predicted molar refractivity (Wildman–Crippen MR) is 25.4 cm³/mol. The van der Waals surface area contributed by atoms with Gasteiger partial charge in [-0.25, -0.2) is 0 Å². The second kappa shape index (κ2) is 1.51.